The molecule has 124 valence electrons. The second-order valence-electron chi connectivity index (χ2n) is 6.29. The summed E-state index contributed by atoms with van der Waals surface area (Å²) >= 11 is 0. The fourth-order valence-corrected chi connectivity index (χ4v) is 3.68. The van der Waals surface area contributed by atoms with Crippen molar-refractivity contribution >= 4 is 17.3 Å². The first-order valence-corrected chi connectivity index (χ1v) is 8.30. The van der Waals surface area contributed by atoms with Crippen molar-refractivity contribution in [2.24, 2.45) is 0 Å². The van der Waals surface area contributed by atoms with Gasteiger partial charge in [-0.1, -0.05) is 12.1 Å². The molecule has 2 heterocycles. The third kappa shape index (κ3) is 2.32. The lowest BCUT2D eigenvalue weighted by Gasteiger charge is -2.50. The summed E-state index contributed by atoms with van der Waals surface area (Å²) in [5.41, 5.74) is 2.15. The SMILES string of the molecule is COc1ccc(N2C(=O)c3ccccc3NC23CCNCC3)cc1. The number of benzene rings is 2. The Balaban J connectivity index is 1.82. The van der Waals surface area contributed by atoms with Crippen LogP contribution in [0, 0.1) is 0 Å². The highest BCUT2D eigenvalue weighted by Gasteiger charge is 2.46. The number of ether oxygens (including phenoxy) is 1. The van der Waals surface area contributed by atoms with Crippen molar-refractivity contribution < 1.29 is 9.53 Å². The summed E-state index contributed by atoms with van der Waals surface area (Å²) in [6.45, 7) is 1.77. The molecule has 1 spiro atoms. The minimum Gasteiger partial charge on any atom is -0.497 e. The van der Waals surface area contributed by atoms with Crippen LogP contribution >= 0.6 is 0 Å². The summed E-state index contributed by atoms with van der Waals surface area (Å²) in [4.78, 5) is 15.2. The molecule has 0 atom stereocenters. The van der Waals surface area contributed by atoms with E-state index < -0.39 is 0 Å². The van der Waals surface area contributed by atoms with Crippen LogP contribution in [0.1, 0.15) is 23.2 Å². The summed E-state index contributed by atoms with van der Waals surface area (Å²) in [6.07, 6.45) is 1.72. The normalized spacial score (nSPS) is 18.9. The third-order valence-corrected chi connectivity index (χ3v) is 4.92. The van der Waals surface area contributed by atoms with E-state index in [4.69, 9.17) is 4.74 Å². The summed E-state index contributed by atoms with van der Waals surface area (Å²) in [5.74, 6) is 0.840. The lowest BCUT2D eigenvalue weighted by atomic mass is 9.90. The van der Waals surface area contributed by atoms with Crippen molar-refractivity contribution in [3.8, 4) is 5.75 Å². The number of methoxy groups -OCH3 is 1. The molecule has 0 unspecified atom stereocenters. The number of para-hydroxylation sites is 1. The molecular weight excluding hydrogens is 302 g/mol. The second-order valence-corrected chi connectivity index (χ2v) is 6.29. The maximum Gasteiger partial charge on any atom is 0.262 e. The minimum absolute atomic E-state index is 0.0522. The van der Waals surface area contributed by atoms with Gasteiger partial charge in [-0.2, -0.15) is 0 Å². The highest BCUT2D eigenvalue weighted by Crippen LogP contribution is 2.39. The van der Waals surface area contributed by atoms with E-state index in [1.807, 2.05) is 53.4 Å². The van der Waals surface area contributed by atoms with Gasteiger partial charge in [-0.15, -0.1) is 0 Å². The zero-order chi connectivity index (χ0) is 16.6. The topological polar surface area (TPSA) is 53.6 Å². The fraction of sp³-hybridized carbons (Fsp3) is 0.316. The molecule has 2 aliphatic rings. The standard InChI is InChI=1S/C19H21N3O2/c1-24-15-8-6-14(7-9-15)22-18(23)16-4-2-3-5-17(16)21-19(22)10-12-20-13-11-19/h2-9,20-21H,10-13H2,1H3. The van der Waals surface area contributed by atoms with E-state index >= 15 is 0 Å². The number of fused-ring (bicyclic) bond motifs is 1. The Labute approximate surface area is 141 Å². The Kier molecular flexibility index (Phi) is 3.65. The molecule has 2 aromatic rings. The maximum atomic E-state index is 13.3. The van der Waals surface area contributed by atoms with Gasteiger partial charge in [0.1, 0.15) is 11.4 Å². The quantitative estimate of drug-likeness (QED) is 0.892. The number of carbonyl (C=O) groups is 1. The van der Waals surface area contributed by atoms with Crippen LogP contribution in [0.2, 0.25) is 0 Å². The molecule has 2 N–H and O–H groups in total. The Morgan fingerprint density at radius 1 is 1.04 bits per heavy atom. The lowest BCUT2D eigenvalue weighted by Crippen LogP contribution is -2.64. The Morgan fingerprint density at radius 3 is 2.46 bits per heavy atom. The number of hydrogen-bond donors (Lipinski definition) is 2. The van der Waals surface area contributed by atoms with Crippen LogP contribution in [-0.4, -0.2) is 31.8 Å². The van der Waals surface area contributed by atoms with Crippen LogP contribution in [0.5, 0.6) is 5.75 Å². The molecule has 0 aromatic heterocycles. The van der Waals surface area contributed by atoms with Crippen LogP contribution in [0.15, 0.2) is 48.5 Å². The van der Waals surface area contributed by atoms with E-state index in [1.54, 1.807) is 7.11 Å². The van der Waals surface area contributed by atoms with E-state index in [2.05, 4.69) is 10.6 Å². The fourth-order valence-electron chi connectivity index (χ4n) is 3.68. The van der Waals surface area contributed by atoms with E-state index in [-0.39, 0.29) is 11.6 Å². The van der Waals surface area contributed by atoms with Gasteiger partial charge in [-0.05, 0) is 49.5 Å². The maximum absolute atomic E-state index is 13.3. The first-order chi connectivity index (χ1) is 11.7. The number of carbonyl (C=O) groups excluding carboxylic acids is 1. The second kappa shape index (κ2) is 5.83. The molecule has 4 rings (SSSR count). The summed E-state index contributed by atoms with van der Waals surface area (Å²) in [6, 6.07) is 15.5. The van der Waals surface area contributed by atoms with Gasteiger partial charge in [0, 0.05) is 24.2 Å². The molecule has 0 aliphatic carbocycles. The van der Waals surface area contributed by atoms with E-state index in [0.29, 0.717) is 0 Å². The number of hydrogen-bond acceptors (Lipinski definition) is 4. The molecule has 5 heteroatoms. The van der Waals surface area contributed by atoms with Gasteiger partial charge in [0.25, 0.3) is 5.91 Å². The van der Waals surface area contributed by atoms with E-state index in [9.17, 15) is 4.79 Å². The smallest absolute Gasteiger partial charge is 0.262 e. The van der Waals surface area contributed by atoms with Gasteiger partial charge in [0.15, 0.2) is 0 Å². The number of anilines is 2. The Bertz CT molecular complexity index is 751. The average Bonchev–Trinajstić information content (AvgIpc) is 2.63. The Hall–Kier alpha value is -2.53. The monoisotopic (exact) mass is 323 g/mol. The highest BCUT2D eigenvalue weighted by molar-refractivity contribution is 6.12. The molecule has 1 amide bonds. The highest BCUT2D eigenvalue weighted by atomic mass is 16.5. The average molecular weight is 323 g/mol. The van der Waals surface area contributed by atoms with Gasteiger partial charge in [0.2, 0.25) is 0 Å². The first-order valence-electron chi connectivity index (χ1n) is 8.30. The zero-order valence-electron chi connectivity index (χ0n) is 13.7. The van der Waals surface area contributed by atoms with Crippen molar-refractivity contribution in [3.63, 3.8) is 0 Å². The van der Waals surface area contributed by atoms with Crippen LogP contribution in [0.3, 0.4) is 0 Å². The van der Waals surface area contributed by atoms with Gasteiger partial charge >= 0.3 is 0 Å². The van der Waals surface area contributed by atoms with Crippen molar-refractivity contribution in [1.82, 2.24) is 5.32 Å². The molecule has 2 aromatic carbocycles. The Morgan fingerprint density at radius 2 is 1.75 bits per heavy atom. The van der Waals surface area contributed by atoms with Crippen LogP contribution in [-0.2, 0) is 0 Å². The lowest BCUT2D eigenvalue weighted by molar-refractivity contribution is 0.0941. The van der Waals surface area contributed by atoms with Crippen LogP contribution < -0.4 is 20.3 Å². The van der Waals surface area contributed by atoms with Gasteiger partial charge in [-0.25, -0.2) is 0 Å². The van der Waals surface area contributed by atoms with E-state index in [0.717, 1.165) is 48.6 Å². The number of rotatable bonds is 2. The van der Waals surface area contributed by atoms with Crippen molar-refractivity contribution in [2.45, 2.75) is 18.5 Å². The molecule has 0 saturated carbocycles. The van der Waals surface area contributed by atoms with Crippen molar-refractivity contribution in [3.05, 3.63) is 54.1 Å². The minimum atomic E-state index is -0.384. The largest absolute Gasteiger partial charge is 0.497 e. The molecule has 1 fully saturated rings. The van der Waals surface area contributed by atoms with Crippen LogP contribution in [0.4, 0.5) is 11.4 Å². The van der Waals surface area contributed by atoms with E-state index in [1.165, 1.54) is 0 Å². The molecular formula is C19H21N3O2. The molecule has 1 saturated heterocycles. The summed E-state index contributed by atoms with van der Waals surface area (Å²) < 4.78 is 5.25. The van der Waals surface area contributed by atoms with Crippen molar-refractivity contribution in [2.75, 3.05) is 30.4 Å². The summed E-state index contributed by atoms with van der Waals surface area (Å²) in [7, 11) is 1.65. The van der Waals surface area contributed by atoms with Gasteiger partial charge in [0.05, 0.1) is 12.7 Å². The third-order valence-electron chi connectivity index (χ3n) is 4.92. The zero-order valence-corrected chi connectivity index (χ0v) is 13.7. The molecule has 24 heavy (non-hydrogen) atoms. The number of nitrogens with zero attached hydrogens (tertiary/aromatic N) is 1. The molecule has 5 nitrogen and oxygen atoms in total. The first kappa shape index (κ1) is 15.0. The number of amides is 1. The van der Waals surface area contributed by atoms with Gasteiger partial charge in [-0.3, -0.25) is 9.69 Å². The molecule has 0 bridgehead atoms. The molecule has 0 radical (unpaired) electrons. The van der Waals surface area contributed by atoms with Crippen LogP contribution in [0.25, 0.3) is 0 Å². The molecule has 2 aliphatic heterocycles. The number of piperidine rings is 1. The summed E-state index contributed by atoms with van der Waals surface area (Å²) in [5, 5.41) is 7.04. The van der Waals surface area contributed by atoms with Crippen molar-refractivity contribution in [1.29, 1.82) is 0 Å². The predicted octanol–water partition coefficient (Wildman–Crippen LogP) is 2.85. The van der Waals surface area contributed by atoms with Gasteiger partial charge < -0.3 is 15.4 Å². The predicted molar refractivity (Wildman–Crippen MR) is 94.7 cm³/mol. The number of nitrogens with one attached hydrogen (secondary N) is 2.